The van der Waals surface area contributed by atoms with Gasteiger partial charge in [0.2, 0.25) is 11.8 Å². The number of fused-ring (bicyclic) bond motifs is 1. The molecule has 0 aliphatic carbocycles. The number of nitrogens with zero attached hydrogens (tertiary/aromatic N) is 3. The average Bonchev–Trinajstić information content (AvgIpc) is 3.24. The van der Waals surface area contributed by atoms with Crippen LogP contribution >= 0.6 is 11.3 Å². The number of hydrogen-bond acceptors (Lipinski definition) is 6. The predicted molar refractivity (Wildman–Crippen MR) is 124 cm³/mol. The minimum absolute atomic E-state index is 0.0969. The van der Waals surface area contributed by atoms with E-state index in [2.05, 4.69) is 20.6 Å². The first-order valence-corrected chi connectivity index (χ1v) is 11.0. The second-order valence-corrected chi connectivity index (χ2v) is 8.33. The van der Waals surface area contributed by atoms with E-state index in [-0.39, 0.29) is 23.9 Å². The van der Waals surface area contributed by atoms with Crippen LogP contribution in [0.4, 0.5) is 9.52 Å². The molecule has 2 N–H and O–H groups in total. The quantitative estimate of drug-likeness (QED) is 0.453. The SMILES string of the molecule is CC(=O)NC(C)c1ccc(-c2csc(NC(=O)Cn3cnc4ccc(F)cc4c3=O)n2)cc1. The van der Waals surface area contributed by atoms with E-state index in [1.807, 2.05) is 36.6 Å². The minimum atomic E-state index is -0.545. The first kappa shape index (κ1) is 22.3. The van der Waals surface area contributed by atoms with Crippen molar-refractivity contribution >= 4 is 39.2 Å². The van der Waals surface area contributed by atoms with Gasteiger partial charge in [0.25, 0.3) is 5.56 Å². The van der Waals surface area contributed by atoms with Crippen molar-refractivity contribution in [3.8, 4) is 11.3 Å². The molecule has 0 aliphatic heterocycles. The number of thiazole rings is 1. The Morgan fingerprint density at radius 1 is 1.18 bits per heavy atom. The van der Waals surface area contributed by atoms with Gasteiger partial charge in [-0.1, -0.05) is 24.3 Å². The van der Waals surface area contributed by atoms with E-state index < -0.39 is 17.3 Å². The zero-order valence-corrected chi connectivity index (χ0v) is 18.6. The van der Waals surface area contributed by atoms with Crippen molar-refractivity contribution in [2.75, 3.05) is 5.32 Å². The van der Waals surface area contributed by atoms with Crippen molar-refractivity contribution in [1.29, 1.82) is 0 Å². The Hall–Kier alpha value is -3.92. The Morgan fingerprint density at radius 3 is 2.67 bits per heavy atom. The molecule has 33 heavy (non-hydrogen) atoms. The molecule has 2 heterocycles. The van der Waals surface area contributed by atoms with E-state index in [0.29, 0.717) is 16.3 Å². The highest BCUT2D eigenvalue weighted by atomic mass is 32.1. The van der Waals surface area contributed by atoms with E-state index in [1.54, 1.807) is 0 Å². The van der Waals surface area contributed by atoms with Gasteiger partial charge < -0.3 is 10.6 Å². The van der Waals surface area contributed by atoms with Crippen LogP contribution in [-0.4, -0.2) is 26.3 Å². The Labute approximate surface area is 192 Å². The second kappa shape index (κ2) is 9.29. The lowest BCUT2D eigenvalue weighted by Crippen LogP contribution is -2.27. The molecule has 2 aromatic heterocycles. The molecule has 0 aliphatic rings. The van der Waals surface area contributed by atoms with Crippen LogP contribution in [0.1, 0.15) is 25.5 Å². The lowest BCUT2D eigenvalue weighted by atomic mass is 10.1. The van der Waals surface area contributed by atoms with Crippen LogP contribution in [0, 0.1) is 5.82 Å². The highest BCUT2D eigenvalue weighted by molar-refractivity contribution is 7.14. The summed E-state index contributed by atoms with van der Waals surface area (Å²) in [5.74, 6) is -1.09. The van der Waals surface area contributed by atoms with Gasteiger partial charge in [-0.15, -0.1) is 11.3 Å². The lowest BCUT2D eigenvalue weighted by Gasteiger charge is -2.13. The van der Waals surface area contributed by atoms with Gasteiger partial charge in [0.1, 0.15) is 12.4 Å². The van der Waals surface area contributed by atoms with Gasteiger partial charge in [-0.3, -0.25) is 19.0 Å². The summed E-state index contributed by atoms with van der Waals surface area (Å²) < 4.78 is 14.6. The molecule has 0 fully saturated rings. The first-order chi connectivity index (χ1) is 15.8. The van der Waals surface area contributed by atoms with E-state index in [9.17, 15) is 18.8 Å². The number of benzene rings is 2. The number of carbonyl (C=O) groups excluding carboxylic acids is 2. The lowest BCUT2D eigenvalue weighted by molar-refractivity contribution is -0.119. The van der Waals surface area contributed by atoms with Crippen molar-refractivity contribution < 1.29 is 14.0 Å². The molecular formula is C23H20FN5O3S. The molecule has 0 bridgehead atoms. The van der Waals surface area contributed by atoms with Crippen LogP contribution in [0.2, 0.25) is 0 Å². The molecule has 10 heteroatoms. The summed E-state index contributed by atoms with van der Waals surface area (Å²) in [6.45, 7) is 3.10. The molecule has 168 valence electrons. The molecule has 1 atom stereocenters. The number of carbonyl (C=O) groups is 2. The van der Waals surface area contributed by atoms with Crippen molar-refractivity contribution in [2.45, 2.75) is 26.4 Å². The molecule has 0 saturated heterocycles. The largest absolute Gasteiger partial charge is 0.350 e. The molecule has 0 saturated carbocycles. The highest BCUT2D eigenvalue weighted by Crippen LogP contribution is 2.26. The van der Waals surface area contributed by atoms with Crippen LogP contribution in [0.15, 0.2) is 59.0 Å². The van der Waals surface area contributed by atoms with Gasteiger partial charge >= 0.3 is 0 Å². The Bertz CT molecular complexity index is 1400. The maximum Gasteiger partial charge on any atom is 0.261 e. The van der Waals surface area contributed by atoms with E-state index >= 15 is 0 Å². The highest BCUT2D eigenvalue weighted by Gasteiger charge is 2.12. The number of rotatable bonds is 6. The summed E-state index contributed by atoms with van der Waals surface area (Å²) in [6.07, 6.45) is 1.26. The maximum absolute atomic E-state index is 13.5. The molecule has 0 spiro atoms. The fourth-order valence-corrected chi connectivity index (χ4v) is 4.09. The third kappa shape index (κ3) is 5.12. The van der Waals surface area contributed by atoms with Gasteiger partial charge in [0.15, 0.2) is 5.13 Å². The van der Waals surface area contributed by atoms with E-state index in [4.69, 9.17) is 0 Å². The third-order valence-corrected chi connectivity index (χ3v) is 5.73. The minimum Gasteiger partial charge on any atom is -0.350 e. The van der Waals surface area contributed by atoms with Gasteiger partial charge in [-0.2, -0.15) is 0 Å². The molecule has 4 aromatic rings. The van der Waals surface area contributed by atoms with Crippen molar-refractivity contribution in [1.82, 2.24) is 19.9 Å². The van der Waals surface area contributed by atoms with Crippen molar-refractivity contribution in [3.05, 3.63) is 75.9 Å². The normalized spacial score (nSPS) is 11.8. The number of nitrogens with one attached hydrogen (secondary N) is 2. The maximum atomic E-state index is 13.5. The molecule has 1 unspecified atom stereocenters. The Morgan fingerprint density at radius 2 is 1.94 bits per heavy atom. The van der Waals surface area contributed by atoms with Crippen LogP contribution in [0.25, 0.3) is 22.2 Å². The number of halogens is 1. The Balaban J connectivity index is 1.44. The third-order valence-electron chi connectivity index (χ3n) is 4.98. The van der Waals surface area contributed by atoms with Crippen LogP contribution in [0.3, 0.4) is 0 Å². The van der Waals surface area contributed by atoms with Crippen LogP contribution < -0.4 is 16.2 Å². The number of aromatic nitrogens is 3. The van der Waals surface area contributed by atoms with Gasteiger partial charge in [-0.05, 0) is 30.7 Å². The summed E-state index contributed by atoms with van der Waals surface area (Å²) in [5.41, 5.74) is 2.38. The molecular weight excluding hydrogens is 445 g/mol. The van der Waals surface area contributed by atoms with E-state index in [0.717, 1.165) is 21.8 Å². The fraction of sp³-hybridized carbons (Fsp3) is 0.174. The summed E-state index contributed by atoms with van der Waals surface area (Å²) in [5, 5.41) is 7.82. The monoisotopic (exact) mass is 465 g/mol. The first-order valence-electron chi connectivity index (χ1n) is 10.1. The second-order valence-electron chi connectivity index (χ2n) is 7.47. The molecule has 2 amide bonds. The molecule has 0 radical (unpaired) electrons. The van der Waals surface area contributed by atoms with E-state index in [1.165, 1.54) is 36.7 Å². The smallest absolute Gasteiger partial charge is 0.261 e. The zero-order chi connectivity index (χ0) is 23.5. The molecule has 2 aromatic carbocycles. The standard InChI is InChI=1S/C23H20FN5O3S/c1-13(26-14(2)30)15-3-5-16(6-4-15)20-11-33-23(27-20)28-21(31)10-29-12-25-19-8-7-17(24)9-18(19)22(29)32/h3-9,11-13H,10H2,1-2H3,(H,26,30)(H,27,28,31). The zero-order valence-electron chi connectivity index (χ0n) is 17.8. The topological polar surface area (TPSA) is 106 Å². The van der Waals surface area contributed by atoms with Crippen molar-refractivity contribution in [2.24, 2.45) is 0 Å². The fourth-order valence-electron chi connectivity index (χ4n) is 3.35. The molecule has 4 rings (SSSR count). The molecule has 8 nitrogen and oxygen atoms in total. The summed E-state index contributed by atoms with van der Waals surface area (Å²) in [7, 11) is 0. The van der Waals surface area contributed by atoms with Gasteiger partial charge in [0.05, 0.1) is 29.0 Å². The van der Waals surface area contributed by atoms with Gasteiger partial charge in [-0.25, -0.2) is 14.4 Å². The Kier molecular flexibility index (Phi) is 6.27. The summed E-state index contributed by atoms with van der Waals surface area (Å²) in [4.78, 5) is 44.7. The summed E-state index contributed by atoms with van der Waals surface area (Å²) >= 11 is 1.26. The number of hydrogen-bond donors (Lipinski definition) is 2. The number of amides is 2. The predicted octanol–water partition coefficient (Wildman–Crippen LogP) is 3.49. The van der Waals surface area contributed by atoms with Crippen LogP contribution in [0.5, 0.6) is 0 Å². The summed E-state index contributed by atoms with van der Waals surface area (Å²) in [6, 6.07) is 11.3. The van der Waals surface area contributed by atoms with Gasteiger partial charge in [0, 0.05) is 17.9 Å². The average molecular weight is 466 g/mol. The van der Waals surface area contributed by atoms with Crippen molar-refractivity contribution in [3.63, 3.8) is 0 Å². The number of anilines is 1. The van der Waals surface area contributed by atoms with Crippen LogP contribution in [-0.2, 0) is 16.1 Å².